The van der Waals surface area contributed by atoms with E-state index >= 15 is 0 Å². The maximum atomic E-state index is 3.86. The molecule has 197 valence electrons. The first kappa shape index (κ1) is 32.8. The second-order valence-corrected chi connectivity index (χ2v) is 7.26. The van der Waals surface area contributed by atoms with Gasteiger partial charge in [0.2, 0.25) is 0 Å². The Hall–Kier alpha value is -4.22. The van der Waals surface area contributed by atoms with E-state index in [0.717, 1.165) is 34.2 Å². The molecule has 6 N–H and O–H groups in total. The summed E-state index contributed by atoms with van der Waals surface area (Å²) in [6.07, 6.45) is 21.1. The molecule has 0 amide bonds. The van der Waals surface area contributed by atoms with Crippen LogP contribution in [0.1, 0.15) is 34.2 Å². The van der Waals surface area contributed by atoms with Gasteiger partial charge in [0, 0.05) is 37.2 Å². The van der Waals surface area contributed by atoms with Crippen LogP contribution in [0.3, 0.4) is 0 Å². The summed E-state index contributed by atoms with van der Waals surface area (Å²) in [5.74, 6) is 0. The largest absolute Gasteiger partial charge is 2.00 e. The van der Waals surface area contributed by atoms with Crippen molar-refractivity contribution in [3.63, 3.8) is 0 Å². The second-order valence-electron chi connectivity index (χ2n) is 7.26. The molecule has 12 nitrogen and oxygen atoms in total. The van der Waals surface area contributed by atoms with Crippen LogP contribution in [0, 0.1) is 41.5 Å². The maximum Gasteiger partial charge on any atom is 2.00 e. The first-order chi connectivity index (χ1) is 17.4. The van der Waals surface area contributed by atoms with E-state index < -0.39 is 0 Å². The first-order valence-corrected chi connectivity index (χ1v) is 11.1. The number of aryl methyl sites for hydroxylation is 6. The van der Waals surface area contributed by atoms with Crippen LogP contribution in [-0.2, 0) is 17.1 Å². The number of hydrogen-bond acceptors (Lipinski definition) is 6. The smallest absolute Gasteiger partial charge is 0.351 e. The van der Waals surface area contributed by atoms with Crippen LogP contribution >= 0.6 is 0 Å². The summed E-state index contributed by atoms with van der Waals surface area (Å²) in [4.78, 5) is 40.1. The molecule has 0 aliphatic rings. The molecule has 0 spiro atoms. The van der Waals surface area contributed by atoms with Gasteiger partial charge in [-0.2, -0.15) is 0 Å². The summed E-state index contributed by atoms with van der Waals surface area (Å²) < 4.78 is 0. The molecule has 6 aromatic rings. The second kappa shape index (κ2) is 21.1. The van der Waals surface area contributed by atoms with E-state index in [0.29, 0.717) is 0 Å². The van der Waals surface area contributed by atoms with Gasteiger partial charge < -0.3 is 29.9 Å². The average Bonchev–Trinajstić information content (AvgIpc) is 3.67. The average molecular weight is 548 g/mol. The predicted molar refractivity (Wildman–Crippen MR) is 140 cm³/mol. The van der Waals surface area contributed by atoms with E-state index in [1.807, 2.05) is 78.7 Å². The van der Waals surface area contributed by atoms with Gasteiger partial charge >= 0.3 is 17.1 Å². The quantitative estimate of drug-likeness (QED) is 0.155. The summed E-state index contributed by atoms with van der Waals surface area (Å²) in [5.41, 5.74) is 6.22. The minimum absolute atomic E-state index is 0. The fourth-order valence-corrected chi connectivity index (χ4v) is 2.01. The number of nitrogens with zero attached hydrogens (tertiary/aromatic N) is 6. The molecule has 1 radical (unpaired) electrons. The van der Waals surface area contributed by atoms with Gasteiger partial charge in [0.25, 0.3) is 0 Å². The third-order valence-corrected chi connectivity index (χ3v) is 3.81. The molecule has 0 aromatic carbocycles. The number of aromatic nitrogens is 12. The summed E-state index contributed by atoms with van der Waals surface area (Å²) in [5, 5.41) is 0. The van der Waals surface area contributed by atoms with Crippen molar-refractivity contribution in [1.82, 2.24) is 59.8 Å². The molecule has 0 saturated heterocycles. The molecule has 0 bridgehead atoms. The van der Waals surface area contributed by atoms with Crippen LogP contribution in [0.25, 0.3) is 0 Å². The maximum absolute atomic E-state index is 3.86. The molecule has 0 aliphatic heterocycles. The Morgan fingerprint density at radius 1 is 0.324 bits per heavy atom. The number of hydrogen-bond donors (Lipinski definition) is 6. The molecule has 6 aromatic heterocycles. The minimum Gasteiger partial charge on any atom is -0.351 e. The Balaban J connectivity index is 0.000000418. The van der Waals surface area contributed by atoms with Crippen molar-refractivity contribution in [2.24, 2.45) is 0 Å². The predicted octanol–water partition coefficient (Wildman–Crippen LogP) is 4.31. The van der Waals surface area contributed by atoms with Crippen molar-refractivity contribution in [2.45, 2.75) is 41.5 Å². The Morgan fingerprint density at radius 3 is 0.486 bits per heavy atom. The zero-order chi connectivity index (χ0) is 26.4. The van der Waals surface area contributed by atoms with Crippen LogP contribution in [0.2, 0.25) is 0 Å². The number of nitrogens with one attached hydrogen (secondary N) is 6. The molecular weight excluding hydrogens is 511 g/mol. The fraction of sp³-hybridized carbons (Fsp3) is 0.250. The van der Waals surface area contributed by atoms with Crippen molar-refractivity contribution in [3.8, 4) is 0 Å². The molecule has 13 heteroatoms. The van der Waals surface area contributed by atoms with Crippen molar-refractivity contribution in [2.75, 3.05) is 0 Å². The summed E-state index contributed by atoms with van der Waals surface area (Å²) >= 11 is 0. The van der Waals surface area contributed by atoms with E-state index in [4.69, 9.17) is 0 Å². The van der Waals surface area contributed by atoms with Crippen LogP contribution in [0.4, 0.5) is 0 Å². The Labute approximate surface area is 227 Å². The monoisotopic (exact) mass is 547 g/mol. The molecule has 6 rings (SSSR count). The van der Waals surface area contributed by atoms with Gasteiger partial charge in [0.05, 0.1) is 72.1 Å². The third-order valence-electron chi connectivity index (χ3n) is 3.81. The fourth-order valence-electron chi connectivity index (χ4n) is 2.01. The van der Waals surface area contributed by atoms with Gasteiger partial charge in [0.1, 0.15) is 0 Å². The van der Waals surface area contributed by atoms with E-state index in [-0.39, 0.29) is 17.1 Å². The molecule has 0 atom stereocenters. The summed E-state index contributed by atoms with van der Waals surface area (Å²) in [6.45, 7) is 11.6. The topological polar surface area (TPSA) is 172 Å². The minimum atomic E-state index is 0. The van der Waals surface area contributed by atoms with E-state index in [1.165, 1.54) is 0 Å². The van der Waals surface area contributed by atoms with Crippen LogP contribution in [0.5, 0.6) is 0 Å². The molecule has 0 unspecified atom stereocenters. The number of rotatable bonds is 0. The molecule has 37 heavy (non-hydrogen) atoms. The summed E-state index contributed by atoms with van der Waals surface area (Å²) in [6, 6.07) is 0. The van der Waals surface area contributed by atoms with Crippen LogP contribution in [0.15, 0.2) is 75.1 Å². The van der Waals surface area contributed by atoms with E-state index in [9.17, 15) is 0 Å². The number of imidazole rings is 6. The van der Waals surface area contributed by atoms with Crippen molar-refractivity contribution < 1.29 is 17.1 Å². The Bertz CT molecular complexity index is 911. The molecule has 0 aliphatic carbocycles. The zero-order valence-electron chi connectivity index (χ0n) is 22.0. The molecular formula is C24H36MnN12+2. The van der Waals surface area contributed by atoms with Crippen molar-refractivity contribution >= 4 is 0 Å². The third kappa shape index (κ3) is 19.7. The van der Waals surface area contributed by atoms with Gasteiger partial charge in [-0.1, -0.05) is 0 Å². The summed E-state index contributed by atoms with van der Waals surface area (Å²) in [7, 11) is 0. The van der Waals surface area contributed by atoms with Gasteiger partial charge in [-0.25, -0.2) is 29.9 Å². The Kier molecular flexibility index (Phi) is 18.7. The molecule has 0 fully saturated rings. The van der Waals surface area contributed by atoms with Gasteiger partial charge in [-0.3, -0.25) is 0 Å². The normalized spacial score (nSPS) is 8.59. The standard InChI is InChI=1S/6C4H6N2.Mn/c6*1-4-2-5-3-6-4;/h6*2-3H,1H3,(H,5,6);/q;;;;;;+2. The van der Waals surface area contributed by atoms with Gasteiger partial charge in [-0.05, 0) is 41.5 Å². The van der Waals surface area contributed by atoms with Gasteiger partial charge in [-0.15, -0.1) is 0 Å². The molecule has 0 saturated carbocycles. The van der Waals surface area contributed by atoms with E-state index in [2.05, 4.69) is 59.8 Å². The van der Waals surface area contributed by atoms with Crippen LogP contribution < -0.4 is 0 Å². The van der Waals surface area contributed by atoms with Gasteiger partial charge in [0.15, 0.2) is 0 Å². The zero-order valence-corrected chi connectivity index (χ0v) is 23.2. The Morgan fingerprint density at radius 2 is 0.459 bits per heavy atom. The van der Waals surface area contributed by atoms with Crippen molar-refractivity contribution in [3.05, 3.63) is 109 Å². The SMILES string of the molecule is Cc1c[nH]cn1.Cc1c[nH]cn1.Cc1c[nH]cn1.Cc1c[nH]cn1.Cc1c[nH]cn1.Cc1c[nH]cn1.[Mn+2]. The number of aromatic amines is 6. The van der Waals surface area contributed by atoms with Crippen molar-refractivity contribution in [1.29, 1.82) is 0 Å². The molecule has 6 heterocycles. The van der Waals surface area contributed by atoms with Crippen LogP contribution in [-0.4, -0.2) is 59.8 Å². The first-order valence-electron chi connectivity index (χ1n) is 11.1. The number of H-pyrrole nitrogens is 6. The van der Waals surface area contributed by atoms with E-state index in [1.54, 1.807) is 38.0 Å².